The molecule has 7 nitrogen and oxygen atoms in total. The quantitative estimate of drug-likeness (QED) is 0.164. The van der Waals surface area contributed by atoms with E-state index in [4.69, 9.17) is 5.73 Å². The highest BCUT2D eigenvalue weighted by molar-refractivity contribution is 5.82. The number of nitrogens with one attached hydrogen (secondary N) is 1. The van der Waals surface area contributed by atoms with E-state index in [9.17, 15) is 32.1 Å². The van der Waals surface area contributed by atoms with E-state index in [0.29, 0.717) is 0 Å². The smallest absolute Gasteiger partial charge is 0.275 e. The molecule has 0 aliphatic carbocycles. The van der Waals surface area contributed by atoms with Crippen molar-refractivity contribution in [2.75, 3.05) is 0 Å². The van der Waals surface area contributed by atoms with Gasteiger partial charge in [0.1, 0.15) is 0 Å². The molecule has 0 radical (unpaired) electrons. The van der Waals surface area contributed by atoms with Gasteiger partial charge in [0, 0.05) is 0 Å². The van der Waals surface area contributed by atoms with Crippen molar-refractivity contribution in [2.24, 2.45) is 15.9 Å². The second-order valence-corrected chi connectivity index (χ2v) is 3.08. The predicted molar refractivity (Wildman–Crippen MR) is 55.6 cm³/mol. The van der Waals surface area contributed by atoms with Gasteiger partial charge in [-0.1, -0.05) is 5.43 Å². The van der Waals surface area contributed by atoms with Crippen LogP contribution >= 0.6 is 0 Å². The first kappa shape index (κ1) is 15.3. The maximum atomic E-state index is 13.1. The van der Waals surface area contributed by atoms with E-state index in [1.807, 2.05) is 0 Å². The van der Waals surface area contributed by atoms with Crippen molar-refractivity contribution in [3.05, 3.63) is 44.8 Å². The molecule has 0 heterocycles. The highest BCUT2D eigenvalue weighted by atomic mass is 19.2. The number of benzene rings is 1. The standard InChI is InChI=1S/C8H4F5N5O2/c9-3-2(1-15-16-8(14)17-18(19)20)4(10)6(12)7(13)5(3)11/h1H,(H3,14,16,17). The summed E-state index contributed by atoms with van der Waals surface area (Å²) in [4.78, 5) is 9.90. The van der Waals surface area contributed by atoms with Gasteiger partial charge in [0.25, 0.3) is 5.96 Å². The number of hydrogen-bond acceptors (Lipinski definition) is 4. The van der Waals surface area contributed by atoms with E-state index >= 15 is 0 Å². The van der Waals surface area contributed by atoms with Gasteiger partial charge in [0.05, 0.1) is 11.8 Å². The lowest BCUT2D eigenvalue weighted by Crippen LogP contribution is -2.35. The summed E-state index contributed by atoms with van der Waals surface area (Å²) in [6.45, 7) is 0. The van der Waals surface area contributed by atoms with E-state index in [1.165, 1.54) is 5.43 Å². The van der Waals surface area contributed by atoms with Crippen LogP contribution in [0.25, 0.3) is 0 Å². The number of hydrogen-bond donors (Lipinski definition) is 2. The zero-order chi connectivity index (χ0) is 15.4. The molecule has 0 saturated heterocycles. The molecule has 12 heteroatoms. The Balaban J connectivity index is 3.14. The van der Waals surface area contributed by atoms with Crippen molar-refractivity contribution < 1.29 is 27.0 Å². The number of halogens is 5. The first-order chi connectivity index (χ1) is 9.25. The van der Waals surface area contributed by atoms with Crippen molar-refractivity contribution in [1.82, 2.24) is 5.43 Å². The van der Waals surface area contributed by atoms with Gasteiger partial charge >= 0.3 is 0 Å². The fourth-order valence-corrected chi connectivity index (χ4v) is 1.000. The number of nitrogens with two attached hydrogens (primary N) is 1. The van der Waals surface area contributed by atoms with Crippen LogP contribution in [0, 0.1) is 39.2 Å². The summed E-state index contributed by atoms with van der Waals surface area (Å²) < 4.78 is 64.5. The van der Waals surface area contributed by atoms with E-state index < -0.39 is 45.6 Å². The van der Waals surface area contributed by atoms with Crippen LogP contribution in [0.1, 0.15) is 5.56 Å². The second-order valence-electron chi connectivity index (χ2n) is 3.08. The molecular formula is C8H4F5N5O2. The number of hydrazine groups is 1. The molecule has 1 aromatic carbocycles. The highest BCUT2D eigenvalue weighted by Gasteiger charge is 2.24. The van der Waals surface area contributed by atoms with Crippen LogP contribution in [-0.2, 0) is 0 Å². The topological polar surface area (TPSA) is 106 Å². The molecule has 0 saturated carbocycles. The molecule has 108 valence electrons. The van der Waals surface area contributed by atoms with Crippen LogP contribution < -0.4 is 11.2 Å². The maximum Gasteiger partial charge on any atom is 0.275 e. The number of guanidine groups is 1. The second kappa shape index (κ2) is 5.90. The lowest BCUT2D eigenvalue weighted by molar-refractivity contribution is -0.525. The molecule has 1 rings (SSSR count). The molecule has 20 heavy (non-hydrogen) atoms. The van der Waals surface area contributed by atoms with Crippen molar-refractivity contribution in [2.45, 2.75) is 0 Å². The molecule has 0 spiro atoms. The Kier molecular flexibility index (Phi) is 4.50. The highest BCUT2D eigenvalue weighted by Crippen LogP contribution is 2.21. The minimum atomic E-state index is -2.32. The Bertz CT molecular complexity index is 589. The van der Waals surface area contributed by atoms with E-state index in [1.54, 1.807) is 0 Å². The third kappa shape index (κ3) is 3.15. The first-order valence-electron chi connectivity index (χ1n) is 4.54. The first-order valence-corrected chi connectivity index (χ1v) is 4.54. The van der Waals surface area contributed by atoms with E-state index in [-0.39, 0.29) is 6.21 Å². The molecule has 0 aliphatic heterocycles. The summed E-state index contributed by atoms with van der Waals surface area (Å²) in [7, 11) is 0. The minimum absolute atomic E-state index is 0.171. The summed E-state index contributed by atoms with van der Waals surface area (Å²) in [6, 6.07) is 0. The van der Waals surface area contributed by atoms with E-state index in [0.717, 1.165) is 0 Å². The van der Waals surface area contributed by atoms with E-state index in [2.05, 4.69) is 10.2 Å². The summed E-state index contributed by atoms with van der Waals surface area (Å²) in [5.74, 6) is -11.8. The van der Waals surface area contributed by atoms with Crippen LogP contribution in [0.5, 0.6) is 0 Å². The Morgan fingerprint density at radius 3 is 2.00 bits per heavy atom. The lowest BCUT2D eigenvalue weighted by Gasteiger charge is -2.02. The number of nitro groups is 1. The summed E-state index contributed by atoms with van der Waals surface area (Å²) in [6.07, 6.45) is 0.171. The Hall–Kier alpha value is -2.79. The van der Waals surface area contributed by atoms with Crippen molar-refractivity contribution >= 4 is 12.2 Å². The molecular weight excluding hydrogens is 293 g/mol. The van der Waals surface area contributed by atoms with Gasteiger partial charge < -0.3 is 5.73 Å². The van der Waals surface area contributed by atoms with Crippen molar-refractivity contribution in [3.63, 3.8) is 0 Å². The van der Waals surface area contributed by atoms with Gasteiger partial charge in [-0.3, -0.25) is 0 Å². The third-order valence-electron chi connectivity index (χ3n) is 1.80. The maximum absolute atomic E-state index is 13.1. The Labute approximate surface area is 106 Å². The number of rotatable bonds is 3. The molecule has 0 amide bonds. The largest absolute Gasteiger partial charge is 0.364 e. The van der Waals surface area contributed by atoms with Crippen LogP contribution in [0.2, 0.25) is 0 Å². The molecule has 1 aromatic rings. The van der Waals surface area contributed by atoms with Crippen LogP contribution in [0.15, 0.2) is 10.2 Å². The van der Waals surface area contributed by atoms with Crippen molar-refractivity contribution in [3.8, 4) is 0 Å². The molecule has 0 unspecified atom stereocenters. The van der Waals surface area contributed by atoms with Crippen LogP contribution in [0.4, 0.5) is 22.0 Å². The molecule has 0 aliphatic rings. The molecule has 0 bridgehead atoms. The van der Waals surface area contributed by atoms with Crippen LogP contribution in [0.3, 0.4) is 0 Å². The summed E-state index contributed by atoms with van der Waals surface area (Å²) in [5.41, 5.74) is 4.86. The molecule has 0 atom stereocenters. The van der Waals surface area contributed by atoms with Crippen LogP contribution in [-0.4, -0.2) is 17.2 Å². The number of nitrogens with zero attached hydrogens (tertiary/aromatic N) is 3. The fourth-order valence-electron chi connectivity index (χ4n) is 1.000. The van der Waals surface area contributed by atoms with Gasteiger partial charge in [-0.05, 0) is 0 Å². The minimum Gasteiger partial charge on any atom is -0.364 e. The Morgan fingerprint density at radius 2 is 1.55 bits per heavy atom. The molecule has 0 aromatic heterocycles. The summed E-state index contributed by atoms with van der Waals surface area (Å²) >= 11 is 0. The SMILES string of the molecule is N/C(=N\N=Cc1c(F)c(F)c(F)c(F)c1F)N[N+](=O)[O-]. The Morgan fingerprint density at radius 1 is 1.10 bits per heavy atom. The van der Waals surface area contributed by atoms with Gasteiger partial charge in [-0.25, -0.2) is 32.1 Å². The molecule has 3 N–H and O–H groups in total. The lowest BCUT2D eigenvalue weighted by atomic mass is 10.2. The van der Waals surface area contributed by atoms with Crippen molar-refractivity contribution in [1.29, 1.82) is 0 Å². The average molecular weight is 297 g/mol. The zero-order valence-corrected chi connectivity index (χ0v) is 9.20. The average Bonchev–Trinajstić information content (AvgIpc) is 2.37. The van der Waals surface area contributed by atoms with Gasteiger partial charge in [-0.15, -0.1) is 5.10 Å². The summed E-state index contributed by atoms with van der Waals surface area (Å²) in [5, 5.41) is 14.5. The molecule has 0 fully saturated rings. The normalized spacial score (nSPS) is 11.9. The van der Waals surface area contributed by atoms with Gasteiger partial charge in [-0.2, -0.15) is 5.10 Å². The fraction of sp³-hybridized carbons (Fsp3) is 0. The monoisotopic (exact) mass is 297 g/mol. The predicted octanol–water partition coefficient (Wildman–Crippen LogP) is 0.812. The van der Waals surface area contributed by atoms with Gasteiger partial charge in [0.15, 0.2) is 28.3 Å². The van der Waals surface area contributed by atoms with Gasteiger partial charge in [0.2, 0.25) is 5.82 Å². The zero-order valence-electron chi connectivity index (χ0n) is 9.20. The third-order valence-corrected chi connectivity index (χ3v) is 1.80.